The van der Waals surface area contributed by atoms with Gasteiger partial charge in [0.1, 0.15) is 16.9 Å². The van der Waals surface area contributed by atoms with Gasteiger partial charge in [-0.15, -0.1) is 0 Å². The number of nitrogens with zero attached hydrogens (tertiary/aromatic N) is 2. The zero-order chi connectivity index (χ0) is 15.8. The van der Waals surface area contributed by atoms with Crippen LogP contribution in [0.2, 0.25) is 0 Å². The fraction of sp³-hybridized carbons (Fsp3) is 0.0526. The highest BCUT2D eigenvalue weighted by Gasteiger charge is 2.07. The molecule has 0 saturated carbocycles. The molecule has 0 saturated heterocycles. The van der Waals surface area contributed by atoms with Crippen molar-refractivity contribution in [3.05, 3.63) is 76.5 Å². The number of benzene rings is 2. The lowest BCUT2D eigenvalue weighted by Gasteiger charge is -2.01. The molecule has 0 radical (unpaired) electrons. The number of imidazole rings is 1. The Morgan fingerprint density at radius 2 is 1.87 bits per heavy atom. The lowest BCUT2D eigenvalue weighted by molar-refractivity contribution is 0.660. The van der Waals surface area contributed by atoms with E-state index in [9.17, 15) is 4.79 Å². The Morgan fingerprint density at radius 1 is 1.04 bits per heavy atom. The topological polar surface area (TPSA) is 48.0 Å². The Bertz CT molecular complexity index is 1160. The predicted molar refractivity (Wildman–Crippen MR) is 89.2 cm³/mol. The van der Waals surface area contributed by atoms with Gasteiger partial charge in [0.05, 0.1) is 23.3 Å². The summed E-state index contributed by atoms with van der Waals surface area (Å²) in [5.74, 6) is 6.11. The van der Waals surface area contributed by atoms with Crippen LogP contribution in [-0.2, 0) is 7.05 Å². The molecule has 4 rings (SSSR count). The van der Waals surface area contributed by atoms with Gasteiger partial charge < -0.3 is 8.98 Å². The van der Waals surface area contributed by atoms with Gasteiger partial charge in [-0.2, -0.15) is 0 Å². The van der Waals surface area contributed by atoms with E-state index in [1.807, 2.05) is 29.8 Å². The lowest BCUT2D eigenvalue weighted by Crippen LogP contribution is -2.02. The molecule has 0 aliphatic heterocycles. The molecule has 0 bridgehead atoms. The number of aryl methyl sites for hydroxylation is 1. The first-order valence-corrected chi connectivity index (χ1v) is 7.16. The molecule has 4 heteroatoms. The van der Waals surface area contributed by atoms with Crippen molar-refractivity contribution >= 4 is 21.9 Å². The first-order chi connectivity index (χ1) is 11.2. The Balaban J connectivity index is 1.90. The van der Waals surface area contributed by atoms with Gasteiger partial charge in [0.25, 0.3) is 0 Å². The van der Waals surface area contributed by atoms with E-state index in [0.717, 1.165) is 11.3 Å². The number of fused-ring (bicyclic) bond motifs is 2. The molecule has 2 heterocycles. The van der Waals surface area contributed by atoms with Crippen molar-refractivity contribution in [2.45, 2.75) is 0 Å². The van der Waals surface area contributed by atoms with Gasteiger partial charge in [-0.1, -0.05) is 18.1 Å². The van der Waals surface area contributed by atoms with Crippen molar-refractivity contribution in [3.8, 4) is 11.8 Å². The third-order valence-electron chi connectivity index (χ3n) is 3.73. The van der Waals surface area contributed by atoms with Crippen LogP contribution < -0.4 is 5.43 Å². The third kappa shape index (κ3) is 2.29. The van der Waals surface area contributed by atoms with Gasteiger partial charge in [0.15, 0.2) is 0 Å². The summed E-state index contributed by atoms with van der Waals surface area (Å²) in [6.07, 6.45) is 3.40. The molecule has 0 unspecified atom stereocenters. The summed E-state index contributed by atoms with van der Waals surface area (Å²) in [4.78, 5) is 16.6. The molecule has 0 amide bonds. The number of para-hydroxylation sites is 1. The Morgan fingerprint density at radius 3 is 2.70 bits per heavy atom. The molecule has 0 fully saturated rings. The minimum atomic E-state index is -0.0361. The normalized spacial score (nSPS) is 10.7. The van der Waals surface area contributed by atoms with Crippen molar-refractivity contribution in [2.24, 2.45) is 7.05 Å². The van der Waals surface area contributed by atoms with Crippen LogP contribution >= 0.6 is 0 Å². The van der Waals surface area contributed by atoms with E-state index in [1.54, 1.807) is 36.8 Å². The first kappa shape index (κ1) is 13.4. The Labute approximate surface area is 132 Å². The summed E-state index contributed by atoms with van der Waals surface area (Å²) in [7, 11) is 1.89. The summed E-state index contributed by atoms with van der Waals surface area (Å²) in [5, 5.41) is 1.12. The SMILES string of the molecule is Cn1cncc1C#Cc1ccc2oc3ccccc3c(=O)c2c1. The molecule has 4 nitrogen and oxygen atoms in total. The van der Waals surface area contributed by atoms with Crippen LogP contribution in [0.4, 0.5) is 0 Å². The molecule has 23 heavy (non-hydrogen) atoms. The fourth-order valence-corrected chi connectivity index (χ4v) is 2.49. The summed E-state index contributed by atoms with van der Waals surface area (Å²) < 4.78 is 7.63. The predicted octanol–water partition coefficient (Wildman–Crippen LogP) is 3.08. The van der Waals surface area contributed by atoms with E-state index in [0.29, 0.717) is 21.9 Å². The van der Waals surface area contributed by atoms with Gasteiger partial charge >= 0.3 is 0 Å². The second kappa shape index (κ2) is 5.15. The second-order valence-corrected chi connectivity index (χ2v) is 5.28. The fourth-order valence-electron chi connectivity index (χ4n) is 2.49. The maximum atomic E-state index is 12.6. The molecular weight excluding hydrogens is 288 g/mol. The van der Waals surface area contributed by atoms with Crippen LogP contribution in [0.25, 0.3) is 21.9 Å². The van der Waals surface area contributed by atoms with E-state index < -0.39 is 0 Å². The Kier molecular flexibility index (Phi) is 2.99. The van der Waals surface area contributed by atoms with Crippen molar-refractivity contribution in [1.82, 2.24) is 9.55 Å². The third-order valence-corrected chi connectivity index (χ3v) is 3.73. The van der Waals surface area contributed by atoms with E-state index in [1.165, 1.54) is 0 Å². The molecule has 0 atom stereocenters. The molecule has 2 aromatic carbocycles. The number of rotatable bonds is 0. The summed E-state index contributed by atoms with van der Waals surface area (Å²) in [6.45, 7) is 0. The summed E-state index contributed by atoms with van der Waals surface area (Å²) in [5.41, 5.74) is 2.71. The van der Waals surface area contributed by atoms with Gasteiger partial charge in [0, 0.05) is 12.6 Å². The van der Waals surface area contributed by atoms with Crippen LogP contribution in [0.1, 0.15) is 11.3 Å². The standard InChI is InChI=1S/C19H12N2O2/c1-21-12-20-11-14(21)8-6-13-7-9-18-16(10-13)19(22)15-4-2-3-5-17(15)23-18/h2-5,7,9-12H,1H3. The monoisotopic (exact) mass is 300 g/mol. The zero-order valence-electron chi connectivity index (χ0n) is 12.4. The zero-order valence-corrected chi connectivity index (χ0v) is 12.4. The minimum Gasteiger partial charge on any atom is -0.456 e. The van der Waals surface area contributed by atoms with E-state index >= 15 is 0 Å². The highest BCUT2D eigenvalue weighted by atomic mass is 16.3. The molecule has 0 aliphatic rings. The average Bonchev–Trinajstić information content (AvgIpc) is 2.99. The maximum Gasteiger partial charge on any atom is 0.200 e. The molecule has 0 spiro atoms. The molecule has 2 aromatic heterocycles. The van der Waals surface area contributed by atoms with Gasteiger partial charge in [-0.3, -0.25) is 4.79 Å². The van der Waals surface area contributed by atoms with Crippen LogP contribution in [0.15, 0.2) is 64.2 Å². The van der Waals surface area contributed by atoms with Crippen molar-refractivity contribution < 1.29 is 4.42 Å². The molecule has 0 N–H and O–H groups in total. The number of aromatic nitrogens is 2. The lowest BCUT2D eigenvalue weighted by atomic mass is 10.1. The van der Waals surface area contributed by atoms with Crippen LogP contribution in [0, 0.1) is 11.8 Å². The highest BCUT2D eigenvalue weighted by molar-refractivity contribution is 5.90. The smallest absolute Gasteiger partial charge is 0.200 e. The average molecular weight is 300 g/mol. The first-order valence-electron chi connectivity index (χ1n) is 7.16. The van der Waals surface area contributed by atoms with Crippen molar-refractivity contribution in [3.63, 3.8) is 0 Å². The van der Waals surface area contributed by atoms with Crippen molar-refractivity contribution in [2.75, 3.05) is 0 Å². The number of hydrogen-bond acceptors (Lipinski definition) is 3. The molecule has 110 valence electrons. The van der Waals surface area contributed by atoms with Crippen molar-refractivity contribution in [1.29, 1.82) is 0 Å². The van der Waals surface area contributed by atoms with E-state index in [-0.39, 0.29) is 5.43 Å². The maximum absolute atomic E-state index is 12.6. The van der Waals surface area contributed by atoms with Crippen LogP contribution in [0.3, 0.4) is 0 Å². The second-order valence-electron chi connectivity index (χ2n) is 5.28. The van der Waals surface area contributed by atoms with E-state index in [4.69, 9.17) is 4.42 Å². The van der Waals surface area contributed by atoms with Crippen LogP contribution in [0.5, 0.6) is 0 Å². The minimum absolute atomic E-state index is 0.0361. The largest absolute Gasteiger partial charge is 0.456 e. The summed E-state index contributed by atoms with van der Waals surface area (Å²) >= 11 is 0. The van der Waals surface area contributed by atoms with E-state index in [2.05, 4.69) is 16.8 Å². The van der Waals surface area contributed by atoms with Gasteiger partial charge in [-0.25, -0.2) is 4.98 Å². The van der Waals surface area contributed by atoms with Gasteiger partial charge in [0.2, 0.25) is 5.43 Å². The Hall–Kier alpha value is -3.32. The number of hydrogen-bond donors (Lipinski definition) is 0. The van der Waals surface area contributed by atoms with Gasteiger partial charge in [-0.05, 0) is 36.3 Å². The molecule has 0 aliphatic carbocycles. The highest BCUT2D eigenvalue weighted by Crippen LogP contribution is 2.19. The summed E-state index contributed by atoms with van der Waals surface area (Å²) in [6, 6.07) is 12.7. The molecular formula is C19H12N2O2. The molecule has 4 aromatic rings. The quantitative estimate of drug-likeness (QED) is 0.370. The van der Waals surface area contributed by atoms with Crippen LogP contribution in [-0.4, -0.2) is 9.55 Å².